The molecular formula is C21H24N2O4S2. The zero-order valence-electron chi connectivity index (χ0n) is 16.4. The Hall–Kier alpha value is -2.19. The van der Waals surface area contributed by atoms with Crippen LogP contribution in [-0.4, -0.2) is 31.6 Å². The van der Waals surface area contributed by atoms with Gasteiger partial charge in [-0.2, -0.15) is 0 Å². The molecule has 2 aliphatic rings. The van der Waals surface area contributed by atoms with Crippen LogP contribution in [0.4, 0.5) is 0 Å². The molecular weight excluding hydrogens is 408 g/mol. The molecule has 1 aromatic heterocycles. The van der Waals surface area contributed by atoms with Crippen LogP contribution in [0.1, 0.15) is 46.8 Å². The highest BCUT2D eigenvalue weighted by Gasteiger charge is 2.39. The third-order valence-corrected chi connectivity index (χ3v) is 6.98. The highest BCUT2D eigenvalue weighted by atomic mass is 32.2. The van der Waals surface area contributed by atoms with Crippen LogP contribution in [-0.2, 0) is 9.84 Å². The van der Waals surface area contributed by atoms with E-state index < -0.39 is 9.84 Å². The van der Waals surface area contributed by atoms with E-state index in [1.165, 1.54) is 16.7 Å². The number of sulfone groups is 1. The van der Waals surface area contributed by atoms with Gasteiger partial charge in [-0.25, -0.2) is 13.4 Å². The second-order valence-electron chi connectivity index (χ2n) is 7.92. The van der Waals surface area contributed by atoms with E-state index in [1.807, 2.05) is 30.3 Å². The van der Waals surface area contributed by atoms with E-state index >= 15 is 0 Å². The molecule has 2 aliphatic carbocycles. The minimum Gasteiger partial charge on any atom is -0.437 e. The first-order valence-corrected chi connectivity index (χ1v) is 12.5. The molecule has 1 aromatic carbocycles. The molecule has 2 aromatic rings. The van der Waals surface area contributed by atoms with Gasteiger partial charge in [0.2, 0.25) is 5.88 Å². The number of carbonyl (C=O) groups is 1. The second-order valence-corrected chi connectivity index (χ2v) is 10.9. The number of rotatable bonds is 8. The van der Waals surface area contributed by atoms with E-state index in [9.17, 15) is 13.2 Å². The molecule has 154 valence electrons. The Morgan fingerprint density at radius 1 is 1.31 bits per heavy atom. The Kier molecular flexibility index (Phi) is 5.48. The Balaban J connectivity index is 1.57. The summed E-state index contributed by atoms with van der Waals surface area (Å²) in [5.74, 6) is 1.88. The quantitative estimate of drug-likeness (QED) is 0.678. The number of nitrogens with zero attached hydrogens (tertiary/aromatic N) is 1. The number of benzene rings is 1. The first-order valence-electron chi connectivity index (χ1n) is 9.73. The number of ether oxygens (including phenoxy) is 1. The fraction of sp³-hybridized carbons (Fsp3) is 0.429. The standard InChI is InChI=1S/C21H24N2O4S2/c1-13-12-16(13)21-23-20(27-15-6-4-3-5-7-15)18(28-21)19(24)22-17(14-8-9-14)10-11-29(2,25)26/h3-7,10-11,13-14,16-17H,8-9,12H2,1-2H3,(H,22,24)/b11-10+/t13?,16?,17-/m1/s1. The van der Waals surface area contributed by atoms with Crippen molar-refractivity contribution in [1.82, 2.24) is 10.3 Å². The number of amides is 1. The van der Waals surface area contributed by atoms with Crippen molar-refractivity contribution in [2.45, 2.75) is 38.1 Å². The van der Waals surface area contributed by atoms with Crippen LogP contribution in [0.25, 0.3) is 0 Å². The smallest absolute Gasteiger partial charge is 0.267 e. The molecule has 6 nitrogen and oxygen atoms in total. The predicted octanol–water partition coefficient (Wildman–Crippen LogP) is 4.13. The average Bonchev–Trinajstić information content (AvgIpc) is 3.58. The van der Waals surface area contributed by atoms with Crippen molar-refractivity contribution in [3.63, 3.8) is 0 Å². The van der Waals surface area contributed by atoms with Crippen molar-refractivity contribution in [2.75, 3.05) is 6.26 Å². The van der Waals surface area contributed by atoms with Crippen LogP contribution < -0.4 is 10.1 Å². The Morgan fingerprint density at radius 2 is 2.00 bits per heavy atom. The molecule has 29 heavy (non-hydrogen) atoms. The SMILES string of the molecule is CC1CC1c1nc(Oc2ccccc2)c(C(=O)N[C@H](/C=C/S(C)(=O)=O)C2CC2)s1. The molecule has 0 spiro atoms. The Morgan fingerprint density at radius 3 is 2.59 bits per heavy atom. The van der Waals surface area contributed by atoms with E-state index in [1.54, 1.807) is 6.08 Å². The van der Waals surface area contributed by atoms with E-state index in [2.05, 4.69) is 17.2 Å². The van der Waals surface area contributed by atoms with E-state index in [0.29, 0.717) is 28.3 Å². The normalized spacial score (nSPS) is 22.4. The van der Waals surface area contributed by atoms with Crippen LogP contribution in [0.3, 0.4) is 0 Å². The van der Waals surface area contributed by atoms with Gasteiger partial charge in [0.15, 0.2) is 14.7 Å². The molecule has 4 rings (SSSR count). The van der Waals surface area contributed by atoms with Crippen LogP contribution in [0.5, 0.6) is 11.6 Å². The first kappa shape index (κ1) is 20.1. The van der Waals surface area contributed by atoms with Gasteiger partial charge < -0.3 is 10.1 Å². The molecule has 1 heterocycles. The lowest BCUT2D eigenvalue weighted by Gasteiger charge is -2.14. The number of para-hydroxylation sites is 1. The van der Waals surface area contributed by atoms with Crippen LogP contribution in [0.2, 0.25) is 0 Å². The molecule has 8 heteroatoms. The summed E-state index contributed by atoms with van der Waals surface area (Å²) in [6, 6.07) is 8.96. The molecule has 3 atom stereocenters. The predicted molar refractivity (Wildman–Crippen MR) is 113 cm³/mol. The summed E-state index contributed by atoms with van der Waals surface area (Å²) in [6.07, 6.45) is 5.74. The average molecular weight is 433 g/mol. The third kappa shape index (κ3) is 5.25. The van der Waals surface area contributed by atoms with Gasteiger partial charge in [0, 0.05) is 17.6 Å². The van der Waals surface area contributed by atoms with Gasteiger partial charge in [0.1, 0.15) is 10.8 Å². The van der Waals surface area contributed by atoms with Crippen molar-refractivity contribution in [2.24, 2.45) is 11.8 Å². The highest BCUT2D eigenvalue weighted by molar-refractivity contribution is 7.93. The molecule has 0 radical (unpaired) electrons. The van der Waals surface area contributed by atoms with Crippen LogP contribution in [0, 0.1) is 11.8 Å². The maximum Gasteiger partial charge on any atom is 0.267 e. The summed E-state index contributed by atoms with van der Waals surface area (Å²) < 4.78 is 28.9. The summed E-state index contributed by atoms with van der Waals surface area (Å²) in [6.45, 7) is 2.17. The van der Waals surface area contributed by atoms with Gasteiger partial charge in [-0.3, -0.25) is 4.79 Å². The lowest BCUT2D eigenvalue weighted by atomic mass is 10.2. The van der Waals surface area contributed by atoms with E-state index in [0.717, 1.165) is 30.5 Å². The first-order chi connectivity index (χ1) is 13.8. The fourth-order valence-electron chi connectivity index (χ4n) is 3.18. The summed E-state index contributed by atoms with van der Waals surface area (Å²) in [7, 11) is -3.25. The number of thiazole rings is 1. The summed E-state index contributed by atoms with van der Waals surface area (Å²) in [4.78, 5) is 18.1. The largest absolute Gasteiger partial charge is 0.437 e. The molecule has 0 bridgehead atoms. The second kappa shape index (κ2) is 7.91. The number of hydrogen-bond donors (Lipinski definition) is 1. The van der Waals surface area contributed by atoms with Crippen molar-refractivity contribution in [3.05, 3.63) is 51.7 Å². The lowest BCUT2D eigenvalue weighted by molar-refractivity contribution is 0.0942. The van der Waals surface area contributed by atoms with Gasteiger partial charge in [0.25, 0.3) is 5.91 Å². The zero-order chi connectivity index (χ0) is 20.6. The summed E-state index contributed by atoms with van der Waals surface area (Å²) in [5.41, 5.74) is 0. The third-order valence-electron chi connectivity index (χ3n) is 5.16. The monoisotopic (exact) mass is 432 g/mol. The number of hydrogen-bond acceptors (Lipinski definition) is 6. The summed E-state index contributed by atoms with van der Waals surface area (Å²) >= 11 is 1.37. The molecule has 1 N–H and O–H groups in total. The fourth-order valence-corrected chi connectivity index (χ4v) is 4.78. The van der Waals surface area contributed by atoms with Gasteiger partial charge in [-0.15, -0.1) is 11.3 Å². The van der Waals surface area contributed by atoms with Crippen molar-refractivity contribution in [1.29, 1.82) is 0 Å². The van der Waals surface area contributed by atoms with Crippen molar-refractivity contribution >= 4 is 27.1 Å². The highest BCUT2D eigenvalue weighted by Crippen LogP contribution is 2.49. The molecule has 2 saturated carbocycles. The Labute approximate surface area is 174 Å². The molecule has 2 unspecified atom stereocenters. The van der Waals surface area contributed by atoms with E-state index in [-0.39, 0.29) is 17.9 Å². The topological polar surface area (TPSA) is 85.4 Å². The minimum atomic E-state index is -3.25. The van der Waals surface area contributed by atoms with Gasteiger partial charge in [-0.1, -0.05) is 31.2 Å². The van der Waals surface area contributed by atoms with Gasteiger partial charge in [-0.05, 0) is 43.2 Å². The zero-order valence-corrected chi connectivity index (χ0v) is 18.0. The molecule has 1 amide bonds. The van der Waals surface area contributed by atoms with Crippen molar-refractivity contribution < 1.29 is 17.9 Å². The lowest BCUT2D eigenvalue weighted by Crippen LogP contribution is -2.34. The number of carbonyl (C=O) groups excluding carboxylic acids is 1. The van der Waals surface area contributed by atoms with E-state index in [4.69, 9.17) is 4.74 Å². The van der Waals surface area contributed by atoms with Gasteiger partial charge in [0.05, 0.1) is 6.04 Å². The Bertz CT molecular complexity index is 1030. The summed E-state index contributed by atoms with van der Waals surface area (Å²) in [5, 5.41) is 5.07. The number of nitrogens with one attached hydrogen (secondary N) is 1. The minimum absolute atomic E-state index is 0.270. The van der Waals surface area contributed by atoms with Crippen LogP contribution in [0.15, 0.2) is 41.8 Å². The van der Waals surface area contributed by atoms with Gasteiger partial charge >= 0.3 is 0 Å². The maximum atomic E-state index is 13.1. The van der Waals surface area contributed by atoms with Crippen LogP contribution >= 0.6 is 11.3 Å². The molecule has 2 fully saturated rings. The van der Waals surface area contributed by atoms with Crippen molar-refractivity contribution in [3.8, 4) is 11.6 Å². The molecule has 0 aliphatic heterocycles. The molecule has 0 saturated heterocycles. The number of aromatic nitrogens is 1. The maximum absolute atomic E-state index is 13.1.